The minimum atomic E-state index is -4.86. The summed E-state index contributed by atoms with van der Waals surface area (Å²) >= 11 is 0. The van der Waals surface area contributed by atoms with E-state index in [0.717, 1.165) is 0 Å². The summed E-state index contributed by atoms with van der Waals surface area (Å²) in [4.78, 5) is 0. The minimum Gasteiger partial charge on any atom is -0.429 e. The molecular weight excluding hydrogens is 441 g/mol. The lowest BCUT2D eigenvalue weighted by Crippen LogP contribution is -2.25. The molecule has 0 aliphatic heterocycles. The van der Waals surface area contributed by atoms with E-state index >= 15 is 0 Å². The molecule has 0 aromatic heterocycles. The molecule has 2 nitrogen and oxygen atoms in total. The first kappa shape index (κ1) is 22.0. The van der Waals surface area contributed by atoms with Crippen molar-refractivity contribution in [1.29, 1.82) is 5.26 Å². The van der Waals surface area contributed by atoms with Crippen LogP contribution in [0.1, 0.15) is 11.1 Å². The third-order valence-corrected chi connectivity index (χ3v) is 4.00. The van der Waals surface area contributed by atoms with Gasteiger partial charge in [0.25, 0.3) is 0 Å². The van der Waals surface area contributed by atoms with E-state index in [1.54, 1.807) is 0 Å². The molecule has 0 saturated heterocycles. The number of alkyl halides is 2. The number of nitriles is 1. The van der Waals surface area contributed by atoms with Crippen LogP contribution in [0, 0.1) is 52.1 Å². The predicted molar refractivity (Wildman–Crippen MR) is 87.3 cm³/mol. The highest BCUT2D eigenvalue weighted by Crippen LogP contribution is 2.38. The van der Waals surface area contributed by atoms with Crippen LogP contribution in [0.4, 0.5) is 39.5 Å². The summed E-state index contributed by atoms with van der Waals surface area (Å²) in [6.45, 7) is 0. The molecule has 0 bridgehead atoms. The Labute approximate surface area is 167 Å². The van der Waals surface area contributed by atoms with Gasteiger partial charge in [0.15, 0.2) is 17.5 Å². The van der Waals surface area contributed by atoms with E-state index in [1.165, 1.54) is 6.07 Å². The molecule has 0 unspecified atom stereocenters. The zero-order chi connectivity index (χ0) is 23.1. The fourth-order valence-electron chi connectivity index (χ4n) is 2.70. The summed E-state index contributed by atoms with van der Waals surface area (Å²) in [5.74, 6) is -13.8. The monoisotopic (exact) mass is 447 g/mol. The van der Waals surface area contributed by atoms with Gasteiger partial charge < -0.3 is 4.74 Å². The number of ether oxygens (including phenoxy) is 1. The topological polar surface area (TPSA) is 33.0 Å². The average molecular weight is 447 g/mol. The molecular formula is C20H6F9NO. The van der Waals surface area contributed by atoms with Gasteiger partial charge in [0.2, 0.25) is 0 Å². The first-order valence-corrected chi connectivity index (χ1v) is 8.05. The lowest BCUT2D eigenvalue weighted by molar-refractivity contribution is -0.189. The number of hydrogen-bond acceptors (Lipinski definition) is 2. The van der Waals surface area contributed by atoms with Crippen molar-refractivity contribution in [2.45, 2.75) is 6.11 Å². The second-order valence-electron chi connectivity index (χ2n) is 6.06. The maximum Gasteiger partial charge on any atom is 0.432 e. The number of benzene rings is 3. The average Bonchev–Trinajstić information content (AvgIpc) is 2.64. The van der Waals surface area contributed by atoms with E-state index in [1.807, 2.05) is 0 Å². The zero-order valence-corrected chi connectivity index (χ0v) is 14.7. The van der Waals surface area contributed by atoms with Gasteiger partial charge in [-0.2, -0.15) is 14.0 Å². The molecule has 0 heterocycles. The molecule has 0 aliphatic rings. The van der Waals surface area contributed by atoms with Gasteiger partial charge in [0.05, 0.1) is 17.2 Å². The molecule has 0 aliphatic carbocycles. The summed E-state index contributed by atoms with van der Waals surface area (Å²) < 4.78 is 129. The molecule has 0 N–H and O–H groups in total. The van der Waals surface area contributed by atoms with Crippen LogP contribution < -0.4 is 4.74 Å². The van der Waals surface area contributed by atoms with Gasteiger partial charge in [-0.05, 0) is 29.8 Å². The molecule has 3 aromatic carbocycles. The Balaban J connectivity index is 2.05. The van der Waals surface area contributed by atoms with E-state index in [2.05, 4.69) is 4.74 Å². The van der Waals surface area contributed by atoms with Crippen molar-refractivity contribution < 1.29 is 44.3 Å². The molecule has 31 heavy (non-hydrogen) atoms. The van der Waals surface area contributed by atoms with Crippen molar-refractivity contribution in [2.75, 3.05) is 0 Å². The fraction of sp³-hybridized carbons (Fsp3) is 0.0500. The van der Waals surface area contributed by atoms with E-state index in [9.17, 15) is 39.5 Å². The maximum absolute atomic E-state index is 14.3. The Bertz CT molecular complexity index is 1160. The van der Waals surface area contributed by atoms with Crippen LogP contribution in [-0.4, -0.2) is 0 Å². The molecule has 0 amide bonds. The van der Waals surface area contributed by atoms with Crippen LogP contribution >= 0.6 is 0 Å². The predicted octanol–water partition coefficient (Wildman–Crippen LogP) is 6.33. The number of halogens is 9. The normalized spacial score (nSPS) is 11.4. The van der Waals surface area contributed by atoms with Crippen molar-refractivity contribution >= 4 is 0 Å². The van der Waals surface area contributed by atoms with Gasteiger partial charge in [-0.25, -0.2) is 30.7 Å². The van der Waals surface area contributed by atoms with Crippen LogP contribution in [0.2, 0.25) is 0 Å². The second kappa shape index (κ2) is 7.86. The molecule has 0 saturated carbocycles. The maximum atomic E-state index is 14.3. The van der Waals surface area contributed by atoms with Gasteiger partial charge in [0.1, 0.15) is 34.6 Å². The molecule has 0 radical (unpaired) electrons. The molecule has 160 valence electrons. The Morgan fingerprint density at radius 1 is 0.677 bits per heavy atom. The Morgan fingerprint density at radius 2 is 1.16 bits per heavy atom. The Kier molecular flexibility index (Phi) is 5.59. The van der Waals surface area contributed by atoms with Crippen molar-refractivity contribution in [1.82, 2.24) is 0 Å². The smallest absolute Gasteiger partial charge is 0.429 e. The summed E-state index contributed by atoms with van der Waals surface area (Å²) in [5.41, 5.74) is -4.27. The largest absolute Gasteiger partial charge is 0.432 e. The number of rotatable bonds is 4. The molecule has 0 spiro atoms. The minimum absolute atomic E-state index is 0.0258. The first-order valence-electron chi connectivity index (χ1n) is 8.05. The lowest BCUT2D eigenvalue weighted by atomic mass is 10.00. The van der Waals surface area contributed by atoms with Crippen molar-refractivity contribution in [3.8, 4) is 22.9 Å². The molecule has 0 atom stereocenters. The van der Waals surface area contributed by atoms with Gasteiger partial charge in [-0.3, -0.25) is 0 Å². The highest BCUT2D eigenvalue weighted by Gasteiger charge is 2.41. The first-order chi connectivity index (χ1) is 14.4. The molecule has 0 fully saturated rings. The van der Waals surface area contributed by atoms with E-state index in [-0.39, 0.29) is 24.3 Å². The Hall–Kier alpha value is -3.68. The highest BCUT2D eigenvalue weighted by molar-refractivity contribution is 5.66. The van der Waals surface area contributed by atoms with E-state index in [4.69, 9.17) is 5.26 Å². The molecule has 11 heteroatoms. The summed E-state index contributed by atoms with van der Waals surface area (Å²) in [7, 11) is 0. The van der Waals surface area contributed by atoms with Crippen molar-refractivity contribution in [3.05, 3.63) is 88.2 Å². The Morgan fingerprint density at radius 3 is 1.61 bits per heavy atom. The molecule has 3 rings (SSSR count). The zero-order valence-electron chi connectivity index (χ0n) is 14.7. The summed E-state index contributed by atoms with van der Waals surface area (Å²) in [5, 5.41) is 8.66. The lowest BCUT2D eigenvalue weighted by Gasteiger charge is -2.20. The van der Waals surface area contributed by atoms with Crippen LogP contribution in [0.3, 0.4) is 0 Å². The fourth-order valence-corrected chi connectivity index (χ4v) is 2.70. The quantitative estimate of drug-likeness (QED) is 0.346. The summed E-state index contributed by atoms with van der Waals surface area (Å²) in [6, 6.07) is 2.99. The van der Waals surface area contributed by atoms with Crippen LogP contribution in [0.5, 0.6) is 5.75 Å². The third-order valence-electron chi connectivity index (χ3n) is 4.00. The number of nitrogens with zero attached hydrogens (tertiary/aromatic N) is 1. The van der Waals surface area contributed by atoms with Gasteiger partial charge in [0, 0.05) is 12.1 Å². The van der Waals surface area contributed by atoms with E-state index < -0.39 is 74.8 Å². The SMILES string of the molecule is N#Cc1cc(F)c(-c2cc(F)c(C(F)(F)Oc3cc(F)c(F)c(F)c3)c(F)c2)c(F)c1. The number of hydrogen-bond donors (Lipinski definition) is 0. The third kappa shape index (κ3) is 4.14. The van der Waals surface area contributed by atoms with Gasteiger partial charge in [-0.1, -0.05) is 0 Å². The van der Waals surface area contributed by atoms with Crippen LogP contribution in [-0.2, 0) is 6.11 Å². The second-order valence-corrected chi connectivity index (χ2v) is 6.06. The van der Waals surface area contributed by atoms with Crippen molar-refractivity contribution in [2.24, 2.45) is 0 Å². The van der Waals surface area contributed by atoms with Crippen LogP contribution in [0.25, 0.3) is 11.1 Å². The summed E-state index contributed by atoms with van der Waals surface area (Å²) in [6.07, 6.45) is -4.86. The van der Waals surface area contributed by atoms with Crippen molar-refractivity contribution in [3.63, 3.8) is 0 Å². The highest BCUT2D eigenvalue weighted by atomic mass is 19.3. The van der Waals surface area contributed by atoms with Crippen LogP contribution in [0.15, 0.2) is 36.4 Å². The molecule has 3 aromatic rings. The van der Waals surface area contributed by atoms with Gasteiger partial charge in [-0.15, -0.1) is 0 Å². The standard InChI is InChI=1S/C20H6F9NO/c21-11-1-8(7-30)2-12(22)17(11)9-3-13(23)18(14(24)4-9)20(28,29)31-10-5-15(25)19(27)16(26)6-10/h1-6H. The van der Waals surface area contributed by atoms with E-state index in [0.29, 0.717) is 12.1 Å². The van der Waals surface area contributed by atoms with Gasteiger partial charge >= 0.3 is 6.11 Å².